The standard InChI is InChI=1S/C19H29N3O/c1-13-14(2)22(15(3)23)18-9-8-16(12-17(18)19(13)20)21-10-6-4-5-7-11-21/h8-9,12-14,19H,4-7,10-11,20H2,1-3H3/t13-,14-,19+/m0/s1. The van der Waals surface area contributed by atoms with Gasteiger partial charge in [-0.2, -0.15) is 0 Å². The number of amides is 1. The molecule has 1 aromatic carbocycles. The van der Waals surface area contributed by atoms with Crippen LogP contribution < -0.4 is 15.5 Å². The van der Waals surface area contributed by atoms with E-state index in [-0.39, 0.29) is 23.9 Å². The van der Waals surface area contributed by atoms with Gasteiger partial charge >= 0.3 is 0 Å². The normalized spacial score (nSPS) is 28.3. The molecule has 1 amide bonds. The van der Waals surface area contributed by atoms with E-state index in [9.17, 15) is 4.79 Å². The fraction of sp³-hybridized carbons (Fsp3) is 0.632. The molecule has 2 N–H and O–H groups in total. The number of nitrogens with zero attached hydrogens (tertiary/aromatic N) is 2. The van der Waals surface area contributed by atoms with Gasteiger partial charge < -0.3 is 15.5 Å². The smallest absolute Gasteiger partial charge is 0.224 e. The molecule has 0 bridgehead atoms. The van der Waals surface area contributed by atoms with E-state index in [4.69, 9.17) is 5.73 Å². The topological polar surface area (TPSA) is 49.6 Å². The largest absolute Gasteiger partial charge is 0.372 e. The van der Waals surface area contributed by atoms with Crippen molar-refractivity contribution >= 4 is 17.3 Å². The molecule has 2 aliphatic rings. The van der Waals surface area contributed by atoms with E-state index in [1.165, 1.54) is 31.4 Å². The maximum atomic E-state index is 12.1. The van der Waals surface area contributed by atoms with E-state index in [2.05, 4.69) is 36.9 Å². The number of carbonyl (C=O) groups excluding carboxylic acids is 1. The van der Waals surface area contributed by atoms with Gasteiger partial charge in [-0.1, -0.05) is 19.8 Å². The molecule has 4 nitrogen and oxygen atoms in total. The minimum atomic E-state index is -0.0115. The average molecular weight is 315 g/mol. The van der Waals surface area contributed by atoms with Crippen LogP contribution in [-0.4, -0.2) is 25.0 Å². The summed E-state index contributed by atoms with van der Waals surface area (Å²) in [5.74, 6) is 0.353. The zero-order chi connectivity index (χ0) is 16.6. The molecule has 0 aromatic heterocycles. The molecule has 0 spiro atoms. The second-order valence-electron chi connectivity index (χ2n) is 7.16. The van der Waals surface area contributed by atoms with Crippen LogP contribution in [0.2, 0.25) is 0 Å². The van der Waals surface area contributed by atoms with Crippen molar-refractivity contribution in [1.29, 1.82) is 0 Å². The number of benzene rings is 1. The number of nitrogens with two attached hydrogens (primary N) is 1. The van der Waals surface area contributed by atoms with Crippen LogP contribution in [0.4, 0.5) is 11.4 Å². The van der Waals surface area contributed by atoms with Crippen molar-refractivity contribution < 1.29 is 4.79 Å². The van der Waals surface area contributed by atoms with Crippen molar-refractivity contribution in [3.63, 3.8) is 0 Å². The average Bonchev–Trinajstić information content (AvgIpc) is 2.81. The van der Waals surface area contributed by atoms with Gasteiger partial charge in [0, 0.05) is 43.5 Å². The first kappa shape index (κ1) is 16.3. The third-order valence-corrected chi connectivity index (χ3v) is 5.67. The zero-order valence-electron chi connectivity index (χ0n) is 14.6. The van der Waals surface area contributed by atoms with Crippen LogP contribution in [0.5, 0.6) is 0 Å². The Morgan fingerprint density at radius 3 is 2.39 bits per heavy atom. The highest BCUT2D eigenvalue weighted by molar-refractivity contribution is 5.94. The Kier molecular flexibility index (Phi) is 4.62. The van der Waals surface area contributed by atoms with Crippen LogP contribution in [0, 0.1) is 5.92 Å². The number of rotatable bonds is 1. The molecule has 1 aromatic rings. The molecule has 0 radical (unpaired) electrons. The number of hydrogen-bond donors (Lipinski definition) is 1. The number of carbonyl (C=O) groups is 1. The van der Waals surface area contributed by atoms with Crippen LogP contribution in [-0.2, 0) is 4.79 Å². The monoisotopic (exact) mass is 315 g/mol. The van der Waals surface area contributed by atoms with Gasteiger partial charge in [0.15, 0.2) is 0 Å². The summed E-state index contributed by atoms with van der Waals surface area (Å²) < 4.78 is 0. The first-order chi connectivity index (χ1) is 11.0. The summed E-state index contributed by atoms with van der Waals surface area (Å²) in [5.41, 5.74) is 9.88. The Balaban J connectivity index is 1.99. The maximum Gasteiger partial charge on any atom is 0.224 e. The van der Waals surface area contributed by atoms with Crippen molar-refractivity contribution in [2.45, 2.75) is 58.5 Å². The molecule has 126 valence electrons. The summed E-state index contributed by atoms with van der Waals surface area (Å²) in [5, 5.41) is 0. The van der Waals surface area contributed by atoms with Gasteiger partial charge in [-0.3, -0.25) is 4.79 Å². The minimum absolute atomic E-state index is 0.0115. The zero-order valence-corrected chi connectivity index (χ0v) is 14.6. The molecule has 4 heteroatoms. The van der Waals surface area contributed by atoms with Crippen molar-refractivity contribution in [3.8, 4) is 0 Å². The van der Waals surface area contributed by atoms with Crippen molar-refractivity contribution in [3.05, 3.63) is 23.8 Å². The number of hydrogen-bond acceptors (Lipinski definition) is 3. The molecular weight excluding hydrogens is 286 g/mol. The van der Waals surface area contributed by atoms with Gasteiger partial charge in [-0.25, -0.2) is 0 Å². The molecular formula is C19H29N3O. The van der Waals surface area contributed by atoms with E-state index in [0.717, 1.165) is 24.3 Å². The van der Waals surface area contributed by atoms with Crippen LogP contribution in [0.1, 0.15) is 58.1 Å². The lowest BCUT2D eigenvalue weighted by Gasteiger charge is -2.42. The number of fused-ring (bicyclic) bond motifs is 1. The summed E-state index contributed by atoms with van der Waals surface area (Å²) in [7, 11) is 0. The van der Waals surface area contributed by atoms with E-state index in [1.54, 1.807) is 6.92 Å². The predicted octanol–water partition coefficient (Wildman–Crippen LogP) is 3.46. The highest BCUT2D eigenvalue weighted by Crippen LogP contribution is 2.41. The molecule has 1 fully saturated rings. The van der Waals surface area contributed by atoms with Gasteiger partial charge in [0.1, 0.15) is 0 Å². The molecule has 23 heavy (non-hydrogen) atoms. The Morgan fingerprint density at radius 2 is 1.78 bits per heavy atom. The van der Waals surface area contributed by atoms with Crippen molar-refractivity contribution in [2.75, 3.05) is 22.9 Å². The summed E-state index contributed by atoms with van der Waals surface area (Å²) in [6, 6.07) is 6.61. The minimum Gasteiger partial charge on any atom is -0.372 e. The molecule has 2 aliphatic heterocycles. The predicted molar refractivity (Wildman–Crippen MR) is 95.8 cm³/mol. The van der Waals surface area contributed by atoms with E-state index in [1.807, 2.05) is 4.90 Å². The first-order valence-electron chi connectivity index (χ1n) is 8.95. The van der Waals surface area contributed by atoms with Crippen LogP contribution >= 0.6 is 0 Å². The van der Waals surface area contributed by atoms with Crippen LogP contribution in [0.25, 0.3) is 0 Å². The second-order valence-corrected chi connectivity index (χ2v) is 7.16. The van der Waals surface area contributed by atoms with Crippen LogP contribution in [0.15, 0.2) is 18.2 Å². The van der Waals surface area contributed by atoms with Gasteiger partial charge in [0.05, 0.1) is 0 Å². The van der Waals surface area contributed by atoms with Gasteiger partial charge in [-0.15, -0.1) is 0 Å². The molecule has 0 unspecified atom stereocenters. The first-order valence-corrected chi connectivity index (χ1v) is 8.95. The van der Waals surface area contributed by atoms with E-state index >= 15 is 0 Å². The van der Waals surface area contributed by atoms with Crippen molar-refractivity contribution in [2.24, 2.45) is 11.7 Å². The van der Waals surface area contributed by atoms with Crippen LogP contribution in [0.3, 0.4) is 0 Å². The summed E-state index contributed by atoms with van der Waals surface area (Å²) >= 11 is 0. The molecule has 0 aliphatic carbocycles. The van der Waals surface area contributed by atoms with Crippen molar-refractivity contribution in [1.82, 2.24) is 0 Å². The van der Waals surface area contributed by atoms with E-state index < -0.39 is 0 Å². The summed E-state index contributed by atoms with van der Waals surface area (Å²) in [4.78, 5) is 16.5. The number of anilines is 2. The third kappa shape index (κ3) is 2.97. The summed E-state index contributed by atoms with van der Waals surface area (Å²) in [6.45, 7) is 8.13. The summed E-state index contributed by atoms with van der Waals surface area (Å²) in [6.07, 6.45) is 5.17. The molecule has 3 rings (SSSR count). The Morgan fingerprint density at radius 1 is 1.13 bits per heavy atom. The SMILES string of the molecule is CC(=O)N1c2ccc(N3CCCCCC3)cc2[C@H](N)[C@@H](C)[C@@H]1C. The fourth-order valence-electron chi connectivity index (χ4n) is 4.05. The highest BCUT2D eigenvalue weighted by Gasteiger charge is 2.36. The Hall–Kier alpha value is -1.55. The lowest BCUT2D eigenvalue weighted by Crippen LogP contribution is -2.48. The Bertz CT molecular complexity index is 578. The lowest BCUT2D eigenvalue weighted by molar-refractivity contribution is -0.117. The fourth-order valence-corrected chi connectivity index (χ4v) is 4.05. The molecule has 1 saturated heterocycles. The third-order valence-electron chi connectivity index (χ3n) is 5.67. The molecule has 0 saturated carbocycles. The highest BCUT2D eigenvalue weighted by atomic mass is 16.2. The maximum absolute atomic E-state index is 12.1. The quantitative estimate of drug-likeness (QED) is 0.863. The second kappa shape index (κ2) is 6.52. The molecule has 3 atom stereocenters. The lowest BCUT2D eigenvalue weighted by atomic mass is 9.83. The van der Waals surface area contributed by atoms with Gasteiger partial charge in [-0.05, 0) is 49.4 Å². The Labute approximate surface area is 139 Å². The van der Waals surface area contributed by atoms with Gasteiger partial charge in [0.2, 0.25) is 5.91 Å². The van der Waals surface area contributed by atoms with Gasteiger partial charge in [0.25, 0.3) is 0 Å². The van der Waals surface area contributed by atoms with E-state index in [0.29, 0.717) is 0 Å². The molecule has 2 heterocycles.